The Bertz CT molecular complexity index is 591. The summed E-state index contributed by atoms with van der Waals surface area (Å²) < 4.78 is 32.3. The topological polar surface area (TPSA) is 38.3 Å². The molecule has 3 nitrogen and oxygen atoms in total. The fourth-order valence-electron chi connectivity index (χ4n) is 5.10. The number of hydrogen-bond acceptors (Lipinski definition) is 2. The number of anilines is 1. The van der Waals surface area contributed by atoms with Crippen molar-refractivity contribution in [3.05, 3.63) is 29.8 Å². The van der Waals surface area contributed by atoms with Crippen molar-refractivity contribution in [3.63, 3.8) is 0 Å². The lowest BCUT2D eigenvalue weighted by Gasteiger charge is -2.53. The minimum atomic E-state index is -0.770. The summed E-state index contributed by atoms with van der Waals surface area (Å²) in [7, 11) is 0. The first-order valence-corrected chi connectivity index (χ1v) is 8.45. The Kier molecular flexibility index (Phi) is 3.84. The van der Waals surface area contributed by atoms with Crippen molar-refractivity contribution in [2.45, 2.75) is 38.2 Å². The third kappa shape index (κ3) is 2.99. The van der Waals surface area contributed by atoms with E-state index in [9.17, 15) is 13.6 Å². The summed E-state index contributed by atoms with van der Waals surface area (Å²) in [6.45, 7) is -0.0657. The number of ether oxygens (including phenoxy) is 1. The molecule has 4 bridgehead atoms. The maximum atomic E-state index is 13.5. The second kappa shape index (κ2) is 5.86. The van der Waals surface area contributed by atoms with E-state index in [4.69, 9.17) is 4.74 Å². The molecule has 0 aliphatic heterocycles. The summed E-state index contributed by atoms with van der Waals surface area (Å²) in [5, 5.41) is 2.45. The molecule has 0 saturated heterocycles. The maximum absolute atomic E-state index is 13.5. The number of halogens is 2. The van der Waals surface area contributed by atoms with Gasteiger partial charge in [-0.25, -0.2) is 8.78 Å². The van der Waals surface area contributed by atoms with Crippen LogP contribution in [0.4, 0.5) is 14.5 Å². The molecule has 124 valence electrons. The van der Waals surface area contributed by atoms with E-state index in [0.717, 1.165) is 24.0 Å². The number of rotatable bonds is 4. The van der Waals surface area contributed by atoms with Gasteiger partial charge in [-0.15, -0.1) is 0 Å². The van der Waals surface area contributed by atoms with E-state index < -0.39 is 11.6 Å². The van der Waals surface area contributed by atoms with Crippen molar-refractivity contribution >= 4 is 11.6 Å². The molecular formula is C18H21F2NO2. The number of amides is 1. The third-order valence-electron chi connectivity index (χ3n) is 5.75. The van der Waals surface area contributed by atoms with E-state index >= 15 is 0 Å². The predicted octanol–water partition coefficient (Wildman–Crippen LogP) is 3.74. The maximum Gasteiger partial charge on any atom is 0.250 e. The summed E-state index contributed by atoms with van der Waals surface area (Å²) >= 11 is 0. The molecule has 0 atom stereocenters. The number of benzene rings is 1. The van der Waals surface area contributed by atoms with E-state index in [1.165, 1.54) is 38.2 Å². The highest BCUT2D eigenvalue weighted by Crippen LogP contribution is 2.54. The molecule has 0 heterocycles. The van der Waals surface area contributed by atoms with Gasteiger partial charge in [0, 0.05) is 6.07 Å². The molecular weight excluding hydrogens is 300 g/mol. The van der Waals surface area contributed by atoms with Crippen LogP contribution in [-0.2, 0) is 9.53 Å². The molecule has 1 N–H and O–H groups in total. The minimum absolute atomic E-state index is 0.00918. The summed E-state index contributed by atoms with van der Waals surface area (Å²) in [5.41, 5.74) is -0.00918. The van der Waals surface area contributed by atoms with Crippen LogP contribution in [0.25, 0.3) is 0 Å². The SMILES string of the molecule is O=C(COC1C2CC3CC(C2)CC1C3)Nc1ccc(F)cc1F. The van der Waals surface area contributed by atoms with E-state index in [-0.39, 0.29) is 24.3 Å². The first-order chi connectivity index (χ1) is 11.1. The van der Waals surface area contributed by atoms with Crippen LogP contribution in [0.15, 0.2) is 18.2 Å². The fraction of sp³-hybridized carbons (Fsp3) is 0.611. The zero-order chi connectivity index (χ0) is 16.0. The zero-order valence-corrected chi connectivity index (χ0v) is 12.9. The molecule has 0 radical (unpaired) electrons. The molecule has 0 aromatic heterocycles. The van der Waals surface area contributed by atoms with E-state index in [1.807, 2.05) is 0 Å². The molecule has 1 aromatic carbocycles. The first kappa shape index (κ1) is 15.1. The van der Waals surface area contributed by atoms with Gasteiger partial charge in [0.2, 0.25) is 5.91 Å². The number of carbonyl (C=O) groups excluding carboxylic acids is 1. The quantitative estimate of drug-likeness (QED) is 0.917. The van der Waals surface area contributed by atoms with Gasteiger partial charge in [-0.1, -0.05) is 0 Å². The monoisotopic (exact) mass is 321 g/mol. The van der Waals surface area contributed by atoms with Gasteiger partial charge in [0.25, 0.3) is 0 Å². The van der Waals surface area contributed by atoms with Crippen LogP contribution in [0, 0.1) is 35.3 Å². The second-order valence-electron chi connectivity index (χ2n) is 7.38. The van der Waals surface area contributed by atoms with Gasteiger partial charge in [-0.3, -0.25) is 4.79 Å². The lowest BCUT2D eigenvalue weighted by Crippen LogP contribution is -2.50. The zero-order valence-electron chi connectivity index (χ0n) is 12.9. The molecule has 0 unspecified atom stereocenters. The van der Waals surface area contributed by atoms with E-state index in [0.29, 0.717) is 11.8 Å². The molecule has 4 fully saturated rings. The van der Waals surface area contributed by atoms with Crippen LogP contribution in [0.5, 0.6) is 0 Å². The Labute approximate surface area is 134 Å². The van der Waals surface area contributed by atoms with Crippen LogP contribution in [0.1, 0.15) is 32.1 Å². The molecule has 4 saturated carbocycles. The Morgan fingerprint density at radius 3 is 2.35 bits per heavy atom. The molecule has 0 spiro atoms. The highest BCUT2D eigenvalue weighted by atomic mass is 19.1. The summed E-state index contributed by atoms with van der Waals surface area (Å²) in [4.78, 5) is 12.0. The van der Waals surface area contributed by atoms with E-state index in [2.05, 4.69) is 5.32 Å². The number of nitrogens with one attached hydrogen (secondary N) is 1. The van der Waals surface area contributed by atoms with Gasteiger partial charge in [0.05, 0.1) is 11.8 Å². The Hall–Kier alpha value is -1.49. The van der Waals surface area contributed by atoms with Crippen LogP contribution >= 0.6 is 0 Å². The van der Waals surface area contributed by atoms with Crippen molar-refractivity contribution in [2.24, 2.45) is 23.7 Å². The number of carbonyl (C=O) groups is 1. The van der Waals surface area contributed by atoms with Crippen LogP contribution < -0.4 is 5.32 Å². The van der Waals surface area contributed by atoms with Gasteiger partial charge in [0.15, 0.2) is 0 Å². The summed E-state index contributed by atoms with van der Waals surface area (Å²) in [5.74, 6) is 1.07. The largest absolute Gasteiger partial charge is 0.368 e. The summed E-state index contributed by atoms with van der Waals surface area (Å²) in [6.07, 6.45) is 6.46. The Balaban J connectivity index is 1.33. The third-order valence-corrected chi connectivity index (χ3v) is 5.75. The van der Waals surface area contributed by atoms with E-state index in [1.54, 1.807) is 0 Å². The van der Waals surface area contributed by atoms with Crippen molar-refractivity contribution in [2.75, 3.05) is 11.9 Å². The van der Waals surface area contributed by atoms with Crippen LogP contribution in [0.2, 0.25) is 0 Å². The van der Waals surface area contributed by atoms with Crippen LogP contribution in [0.3, 0.4) is 0 Å². The molecule has 1 amide bonds. The molecule has 4 aliphatic carbocycles. The summed E-state index contributed by atoms with van der Waals surface area (Å²) in [6, 6.07) is 3.11. The predicted molar refractivity (Wildman–Crippen MR) is 81.8 cm³/mol. The normalized spacial score (nSPS) is 34.6. The van der Waals surface area contributed by atoms with Crippen LogP contribution in [-0.4, -0.2) is 18.6 Å². The molecule has 1 aromatic rings. The van der Waals surface area contributed by atoms with Gasteiger partial charge in [-0.05, 0) is 67.9 Å². The van der Waals surface area contributed by atoms with Crippen molar-refractivity contribution < 1.29 is 18.3 Å². The minimum Gasteiger partial charge on any atom is -0.368 e. The second-order valence-corrected chi connectivity index (χ2v) is 7.38. The Morgan fingerprint density at radius 1 is 1.09 bits per heavy atom. The highest BCUT2D eigenvalue weighted by Gasteiger charge is 2.48. The highest BCUT2D eigenvalue weighted by molar-refractivity contribution is 5.91. The Morgan fingerprint density at radius 2 is 1.74 bits per heavy atom. The smallest absolute Gasteiger partial charge is 0.250 e. The average Bonchev–Trinajstić information content (AvgIpc) is 2.49. The molecule has 23 heavy (non-hydrogen) atoms. The number of hydrogen-bond donors (Lipinski definition) is 1. The lowest BCUT2D eigenvalue weighted by atomic mass is 9.55. The van der Waals surface area contributed by atoms with Crippen molar-refractivity contribution in [1.29, 1.82) is 0 Å². The molecule has 5 heteroatoms. The molecule has 4 aliphatic rings. The average molecular weight is 321 g/mol. The van der Waals surface area contributed by atoms with Gasteiger partial charge in [0.1, 0.15) is 18.2 Å². The first-order valence-electron chi connectivity index (χ1n) is 8.45. The molecule has 5 rings (SSSR count). The lowest BCUT2D eigenvalue weighted by molar-refractivity contribution is -0.142. The van der Waals surface area contributed by atoms with Gasteiger partial charge in [-0.2, -0.15) is 0 Å². The standard InChI is InChI=1S/C18H21F2NO2/c19-14-1-2-16(15(20)8-14)21-17(22)9-23-18-12-4-10-3-11(6-12)7-13(18)5-10/h1-2,8,10-13,18H,3-7,9H2,(H,21,22). The van der Waals surface area contributed by atoms with Crippen molar-refractivity contribution in [1.82, 2.24) is 0 Å². The van der Waals surface area contributed by atoms with Crippen molar-refractivity contribution in [3.8, 4) is 0 Å². The van der Waals surface area contributed by atoms with Gasteiger partial charge < -0.3 is 10.1 Å². The van der Waals surface area contributed by atoms with Gasteiger partial charge >= 0.3 is 0 Å². The fourth-order valence-corrected chi connectivity index (χ4v) is 5.10.